The fourth-order valence-electron chi connectivity index (χ4n) is 0.925. The van der Waals surface area contributed by atoms with Crippen molar-refractivity contribution >= 4 is 19.4 Å². The van der Waals surface area contributed by atoms with Gasteiger partial charge in [-0.25, -0.2) is 0 Å². The molecule has 0 radical (unpaired) electrons. The van der Waals surface area contributed by atoms with Crippen LogP contribution in [0.4, 0.5) is 0 Å². The molecule has 0 bridgehead atoms. The molecule has 0 aliphatic rings. The molecule has 0 N–H and O–H groups in total. The van der Waals surface area contributed by atoms with Gasteiger partial charge < -0.3 is 0 Å². The first-order valence-electron chi connectivity index (χ1n) is 3.90. The molecule has 62 valence electrons. The van der Waals surface area contributed by atoms with Gasteiger partial charge >= 0.3 is 79.2 Å². The van der Waals surface area contributed by atoms with E-state index >= 15 is 0 Å². The molecule has 0 spiro atoms. The molecule has 0 aliphatic heterocycles. The van der Waals surface area contributed by atoms with E-state index in [9.17, 15) is 0 Å². The second-order valence-corrected chi connectivity index (χ2v) is 4.91. The number of nitrogens with zero attached hydrogens (tertiary/aromatic N) is 1. The van der Waals surface area contributed by atoms with E-state index < -0.39 is 0 Å². The van der Waals surface area contributed by atoms with Gasteiger partial charge in [0.2, 0.25) is 0 Å². The van der Waals surface area contributed by atoms with Crippen LogP contribution >= 0.6 is 0 Å². The van der Waals surface area contributed by atoms with E-state index in [2.05, 4.69) is 37.3 Å². The summed E-state index contributed by atoms with van der Waals surface area (Å²) in [6.45, 7) is 2.13. The molecule has 12 heavy (non-hydrogen) atoms. The van der Waals surface area contributed by atoms with Crippen molar-refractivity contribution < 1.29 is 0 Å². The third kappa shape index (κ3) is 2.69. The Hall–Kier alpha value is -0.771. The van der Waals surface area contributed by atoms with Gasteiger partial charge in [0.25, 0.3) is 0 Å². The van der Waals surface area contributed by atoms with Crippen LogP contribution in [0.3, 0.4) is 0 Å². The Morgan fingerprint density at radius 1 is 1.42 bits per heavy atom. The van der Waals surface area contributed by atoms with E-state index in [-0.39, 0.29) is 0 Å². The molecule has 0 saturated carbocycles. The normalized spacial score (nSPS) is 9.33. The van der Waals surface area contributed by atoms with E-state index in [0.717, 1.165) is 5.32 Å². The van der Waals surface area contributed by atoms with E-state index in [1.165, 1.54) is 10.0 Å². The Labute approximate surface area is 79.6 Å². The quantitative estimate of drug-likeness (QED) is 0.565. The molecule has 0 saturated heterocycles. The SMILES string of the molecule is Cc1ccccc1[Se]CCC#N. The minimum absolute atomic E-state index is 0.487. The summed E-state index contributed by atoms with van der Waals surface area (Å²) in [5, 5.41) is 9.41. The summed E-state index contributed by atoms with van der Waals surface area (Å²) in [7, 11) is 0. The van der Waals surface area contributed by atoms with E-state index in [4.69, 9.17) is 5.26 Å². The minimum atomic E-state index is 0.487. The zero-order valence-corrected chi connectivity index (χ0v) is 8.79. The zero-order valence-electron chi connectivity index (χ0n) is 7.08. The summed E-state index contributed by atoms with van der Waals surface area (Å²) in [6, 6.07) is 10.6. The van der Waals surface area contributed by atoms with Gasteiger partial charge in [0.15, 0.2) is 0 Å². The van der Waals surface area contributed by atoms with Crippen molar-refractivity contribution in [3.8, 4) is 6.07 Å². The third-order valence-electron chi connectivity index (χ3n) is 1.57. The average Bonchev–Trinajstić information content (AvgIpc) is 2.09. The summed E-state index contributed by atoms with van der Waals surface area (Å²) in [5.74, 6) is 0. The van der Waals surface area contributed by atoms with Crippen LogP contribution in [0.25, 0.3) is 0 Å². The fraction of sp³-hybridized carbons (Fsp3) is 0.300. The molecule has 0 heterocycles. The van der Waals surface area contributed by atoms with Crippen molar-refractivity contribution in [1.82, 2.24) is 0 Å². The van der Waals surface area contributed by atoms with Gasteiger partial charge in [-0.2, -0.15) is 0 Å². The van der Waals surface area contributed by atoms with Crippen LogP contribution in [-0.2, 0) is 0 Å². The molecule has 0 fully saturated rings. The van der Waals surface area contributed by atoms with Crippen LogP contribution in [0.15, 0.2) is 24.3 Å². The molecule has 0 aromatic heterocycles. The van der Waals surface area contributed by atoms with Crippen molar-refractivity contribution in [2.45, 2.75) is 18.7 Å². The van der Waals surface area contributed by atoms with E-state index in [0.29, 0.717) is 21.4 Å². The zero-order chi connectivity index (χ0) is 8.81. The summed E-state index contributed by atoms with van der Waals surface area (Å²) >= 11 is 0.487. The molecule has 1 rings (SSSR count). The summed E-state index contributed by atoms with van der Waals surface area (Å²) in [6.07, 6.45) is 0.689. The van der Waals surface area contributed by atoms with Crippen LogP contribution < -0.4 is 4.46 Å². The van der Waals surface area contributed by atoms with E-state index in [1.807, 2.05) is 0 Å². The van der Waals surface area contributed by atoms with Crippen LogP contribution in [-0.4, -0.2) is 15.0 Å². The summed E-state index contributed by atoms with van der Waals surface area (Å²) < 4.78 is 1.43. The number of nitriles is 1. The molecule has 0 amide bonds. The summed E-state index contributed by atoms with van der Waals surface area (Å²) in [5.41, 5.74) is 1.36. The van der Waals surface area contributed by atoms with Gasteiger partial charge in [0, 0.05) is 0 Å². The Morgan fingerprint density at radius 2 is 2.17 bits per heavy atom. The Bertz CT molecular complexity index is 288. The van der Waals surface area contributed by atoms with Crippen molar-refractivity contribution in [3.05, 3.63) is 29.8 Å². The average molecular weight is 224 g/mol. The Balaban J connectivity index is 2.53. The maximum atomic E-state index is 8.37. The van der Waals surface area contributed by atoms with Crippen LogP contribution in [0.1, 0.15) is 12.0 Å². The van der Waals surface area contributed by atoms with Gasteiger partial charge in [0.05, 0.1) is 0 Å². The number of aryl methyl sites for hydroxylation is 1. The van der Waals surface area contributed by atoms with Crippen LogP contribution in [0.5, 0.6) is 0 Å². The van der Waals surface area contributed by atoms with Gasteiger partial charge in [-0.05, 0) is 0 Å². The number of hydrogen-bond acceptors (Lipinski definition) is 1. The van der Waals surface area contributed by atoms with Crippen LogP contribution in [0, 0.1) is 18.3 Å². The molecule has 0 aliphatic carbocycles. The molecule has 1 nitrogen and oxygen atoms in total. The predicted octanol–water partition coefficient (Wildman–Crippen LogP) is 1.66. The topological polar surface area (TPSA) is 23.8 Å². The molecular weight excluding hydrogens is 213 g/mol. The predicted molar refractivity (Wildman–Crippen MR) is 51.6 cm³/mol. The monoisotopic (exact) mass is 225 g/mol. The Morgan fingerprint density at radius 3 is 2.83 bits per heavy atom. The first-order chi connectivity index (χ1) is 5.84. The van der Waals surface area contributed by atoms with Crippen molar-refractivity contribution in [2.75, 3.05) is 0 Å². The van der Waals surface area contributed by atoms with Gasteiger partial charge in [-0.15, -0.1) is 0 Å². The number of hydrogen-bond donors (Lipinski definition) is 0. The molecular formula is C10H11NSe. The van der Waals surface area contributed by atoms with Crippen molar-refractivity contribution in [3.63, 3.8) is 0 Å². The maximum absolute atomic E-state index is 8.37. The molecule has 0 atom stereocenters. The fourth-order valence-corrected chi connectivity index (χ4v) is 2.78. The number of benzene rings is 1. The molecule has 2 heteroatoms. The Kier molecular flexibility index (Phi) is 3.87. The third-order valence-corrected chi connectivity index (χ3v) is 4.04. The van der Waals surface area contributed by atoms with Gasteiger partial charge in [-0.3, -0.25) is 0 Å². The van der Waals surface area contributed by atoms with Gasteiger partial charge in [0.1, 0.15) is 0 Å². The summed E-state index contributed by atoms with van der Waals surface area (Å²) in [4.78, 5) is 0. The van der Waals surface area contributed by atoms with Crippen molar-refractivity contribution in [1.29, 1.82) is 5.26 Å². The van der Waals surface area contributed by atoms with E-state index in [1.54, 1.807) is 0 Å². The molecule has 0 unspecified atom stereocenters. The van der Waals surface area contributed by atoms with Gasteiger partial charge in [-0.1, -0.05) is 0 Å². The first-order valence-corrected chi connectivity index (χ1v) is 5.97. The second-order valence-electron chi connectivity index (χ2n) is 2.52. The number of rotatable bonds is 3. The first kappa shape index (κ1) is 9.32. The van der Waals surface area contributed by atoms with Crippen LogP contribution in [0.2, 0.25) is 5.32 Å². The standard InChI is InChI=1S/C10H11NSe/c1-9-5-2-3-6-10(9)12-8-4-7-11/h2-3,5-6H,4,8H2,1H3. The second kappa shape index (κ2) is 4.98. The van der Waals surface area contributed by atoms with Crippen molar-refractivity contribution in [2.24, 2.45) is 0 Å². The molecule has 1 aromatic carbocycles. The molecule has 1 aromatic rings.